The summed E-state index contributed by atoms with van der Waals surface area (Å²) in [7, 11) is 0. The maximum atomic E-state index is 13.0. The lowest BCUT2D eigenvalue weighted by molar-refractivity contribution is -0.142. The fourth-order valence-corrected chi connectivity index (χ4v) is 6.19. The van der Waals surface area contributed by atoms with E-state index in [4.69, 9.17) is 4.74 Å². The molecular weight excluding hydrogens is 372 g/mol. The Morgan fingerprint density at radius 1 is 1.10 bits per heavy atom. The molecule has 2 fully saturated rings. The number of aromatic nitrogens is 1. The zero-order chi connectivity index (χ0) is 20.5. The van der Waals surface area contributed by atoms with Crippen LogP contribution in [0.1, 0.15) is 68.7 Å². The average Bonchev–Trinajstić information content (AvgIpc) is 3.08. The summed E-state index contributed by atoms with van der Waals surface area (Å²) in [4.78, 5) is 15.2. The SMILES string of the molecule is C=CCOC[C@H]1Cc2c(n(CC3CCCCC3)c3ccccc23)[C@@H]2CCCC(=O)N12. The second kappa shape index (κ2) is 8.58. The molecule has 1 saturated heterocycles. The summed E-state index contributed by atoms with van der Waals surface area (Å²) in [5, 5.41) is 1.38. The van der Waals surface area contributed by atoms with E-state index >= 15 is 0 Å². The first-order chi connectivity index (χ1) is 14.8. The molecule has 2 aliphatic heterocycles. The van der Waals surface area contributed by atoms with Crippen LogP contribution in [0.5, 0.6) is 0 Å². The Bertz CT molecular complexity index is 925. The van der Waals surface area contributed by atoms with Gasteiger partial charge in [-0.1, -0.05) is 43.5 Å². The maximum absolute atomic E-state index is 13.0. The van der Waals surface area contributed by atoms with Gasteiger partial charge in [0.2, 0.25) is 5.91 Å². The van der Waals surface area contributed by atoms with Gasteiger partial charge in [0.1, 0.15) is 0 Å². The molecule has 0 unspecified atom stereocenters. The largest absolute Gasteiger partial charge is 0.375 e. The van der Waals surface area contributed by atoms with Crippen LogP contribution in [0, 0.1) is 5.92 Å². The van der Waals surface area contributed by atoms with Gasteiger partial charge in [-0.3, -0.25) is 4.79 Å². The third-order valence-corrected chi connectivity index (χ3v) is 7.47. The average molecular weight is 407 g/mol. The summed E-state index contributed by atoms with van der Waals surface area (Å²) >= 11 is 0. The molecule has 1 saturated carbocycles. The van der Waals surface area contributed by atoms with Crippen molar-refractivity contribution in [2.24, 2.45) is 5.92 Å². The van der Waals surface area contributed by atoms with Crippen LogP contribution < -0.4 is 0 Å². The van der Waals surface area contributed by atoms with Gasteiger partial charge in [-0.15, -0.1) is 6.58 Å². The number of benzene rings is 1. The predicted molar refractivity (Wildman–Crippen MR) is 120 cm³/mol. The number of piperidine rings is 1. The monoisotopic (exact) mass is 406 g/mol. The van der Waals surface area contributed by atoms with Crippen molar-refractivity contribution >= 4 is 16.8 Å². The molecule has 0 spiro atoms. The second-order valence-electron chi connectivity index (χ2n) is 9.39. The highest BCUT2D eigenvalue weighted by atomic mass is 16.5. The molecule has 3 aliphatic rings. The highest BCUT2D eigenvalue weighted by Gasteiger charge is 2.42. The van der Waals surface area contributed by atoms with Crippen molar-refractivity contribution in [3.63, 3.8) is 0 Å². The Morgan fingerprint density at radius 3 is 2.77 bits per heavy atom. The summed E-state index contributed by atoms with van der Waals surface area (Å²) in [6, 6.07) is 9.23. The van der Waals surface area contributed by atoms with Gasteiger partial charge < -0.3 is 14.2 Å². The van der Waals surface area contributed by atoms with Gasteiger partial charge in [0, 0.05) is 29.6 Å². The minimum Gasteiger partial charge on any atom is -0.375 e. The van der Waals surface area contributed by atoms with Gasteiger partial charge in [-0.2, -0.15) is 0 Å². The fraction of sp³-hybridized carbons (Fsp3) is 0.577. The smallest absolute Gasteiger partial charge is 0.223 e. The lowest BCUT2D eigenvalue weighted by atomic mass is 9.85. The van der Waals surface area contributed by atoms with Crippen molar-refractivity contribution in [1.29, 1.82) is 0 Å². The van der Waals surface area contributed by atoms with E-state index in [1.165, 1.54) is 54.3 Å². The number of rotatable bonds is 6. The molecule has 3 heterocycles. The topological polar surface area (TPSA) is 34.5 Å². The number of hydrogen-bond acceptors (Lipinski definition) is 2. The minimum absolute atomic E-state index is 0.129. The summed E-state index contributed by atoms with van der Waals surface area (Å²) in [6.45, 7) is 6.00. The summed E-state index contributed by atoms with van der Waals surface area (Å²) in [5.74, 6) is 1.07. The van der Waals surface area contributed by atoms with E-state index in [-0.39, 0.29) is 12.1 Å². The number of hydrogen-bond donors (Lipinski definition) is 0. The van der Waals surface area contributed by atoms with Crippen molar-refractivity contribution in [2.45, 2.75) is 76.4 Å². The maximum Gasteiger partial charge on any atom is 0.223 e. The summed E-state index contributed by atoms with van der Waals surface area (Å²) in [6.07, 6.45) is 12.2. The first kappa shape index (κ1) is 19.9. The molecule has 1 aromatic heterocycles. The zero-order valence-corrected chi connectivity index (χ0v) is 18.0. The van der Waals surface area contributed by atoms with Crippen molar-refractivity contribution in [3.05, 3.63) is 48.2 Å². The Balaban J connectivity index is 1.58. The summed E-state index contributed by atoms with van der Waals surface area (Å²) in [5.41, 5.74) is 4.25. The third kappa shape index (κ3) is 3.49. The van der Waals surface area contributed by atoms with Gasteiger partial charge in [0.25, 0.3) is 0 Å². The first-order valence-corrected chi connectivity index (χ1v) is 11.9. The normalized spacial score (nSPS) is 24.7. The molecule has 5 rings (SSSR count). The molecule has 1 aromatic carbocycles. The molecule has 0 radical (unpaired) electrons. The van der Waals surface area contributed by atoms with E-state index < -0.39 is 0 Å². The molecule has 0 N–H and O–H groups in total. The molecule has 4 heteroatoms. The van der Waals surface area contributed by atoms with Crippen molar-refractivity contribution in [2.75, 3.05) is 13.2 Å². The van der Waals surface area contributed by atoms with Gasteiger partial charge in [-0.25, -0.2) is 0 Å². The van der Waals surface area contributed by atoms with Crippen LogP contribution in [0.3, 0.4) is 0 Å². The van der Waals surface area contributed by atoms with E-state index in [2.05, 4.69) is 40.3 Å². The fourth-order valence-electron chi connectivity index (χ4n) is 6.19. The van der Waals surface area contributed by atoms with Crippen molar-refractivity contribution in [1.82, 2.24) is 9.47 Å². The molecule has 2 aromatic rings. The van der Waals surface area contributed by atoms with E-state index in [0.717, 1.165) is 31.7 Å². The third-order valence-electron chi connectivity index (χ3n) is 7.47. The van der Waals surface area contributed by atoms with Gasteiger partial charge >= 0.3 is 0 Å². The van der Waals surface area contributed by atoms with E-state index in [1.54, 1.807) is 6.08 Å². The zero-order valence-electron chi connectivity index (χ0n) is 18.0. The highest BCUT2D eigenvalue weighted by Crippen LogP contribution is 2.44. The van der Waals surface area contributed by atoms with Gasteiger partial charge in [-0.05, 0) is 49.7 Å². The van der Waals surface area contributed by atoms with E-state index in [9.17, 15) is 4.79 Å². The Kier molecular flexibility index (Phi) is 5.68. The molecule has 2 atom stereocenters. The number of amides is 1. The Morgan fingerprint density at radius 2 is 1.93 bits per heavy atom. The number of ether oxygens (including phenoxy) is 1. The van der Waals surface area contributed by atoms with Crippen LogP contribution in [-0.2, 0) is 22.5 Å². The Hall–Kier alpha value is -2.07. The van der Waals surface area contributed by atoms with Crippen LogP contribution >= 0.6 is 0 Å². The lowest BCUT2D eigenvalue weighted by Crippen LogP contribution is -2.51. The van der Waals surface area contributed by atoms with Crippen LogP contribution in [0.2, 0.25) is 0 Å². The number of carbonyl (C=O) groups excluding carboxylic acids is 1. The van der Waals surface area contributed by atoms with Crippen LogP contribution in [0.15, 0.2) is 36.9 Å². The number of para-hydroxylation sites is 1. The molecule has 0 bridgehead atoms. The molecule has 1 amide bonds. The second-order valence-corrected chi connectivity index (χ2v) is 9.39. The molecular formula is C26H34N2O2. The standard InChI is InChI=1S/C26H34N2O2/c1-2-15-30-18-20-16-22-21-11-6-7-12-23(21)27(17-19-9-4-3-5-10-19)26(22)24-13-8-14-25(29)28(20)24/h2,6-7,11-12,19-20,24H,1,3-5,8-10,13-18H2/t20-,24+/m1/s1. The minimum atomic E-state index is 0.129. The van der Waals surface area contributed by atoms with E-state index in [0.29, 0.717) is 25.5 Å². The Labute approximate surface area is 179 Å². The summed E-state index contributed by atoms with van der Waals surface area (Å²) < 4.78 is 8.47. The molecule has 30 heavy (non-hydrogen) atoms. The number of fused-ring (bicyclic) bond motifs is 5. The van der Waals surface area contributed by atoms with Crippen molar-refractivity contribution in [3.8, 4) is 0 Å². The van der Waals surface area contributed by atoms with Crippen LogP contribution in [0.25, 0.3) is 10.9 Å². The van der Waals surface area contributed by atoms with Crippen LogP contribution in [-0.4, -0.2) is 34.6 Å². The molecule has 4 nitrogen and oxygen atoms in total. The highest BCUT2D eigenvalue weighted by molar-refractivity contribution is 5.87. The molecule has 1 aliphatic carbocycles. The van der Waals surface area contributed by atoms with E-state index in [1.807, 2.05) is 0 Å². The van der Waals surface area contributed by atoms with Gasteiger partial charge in [0.05, 0.1) is 25.3 Å². The van der Waals surface area contributed by atoms with Gasteiger partial charge in [0.15, 0.2) is 0 Å². The molecule has 160 valence electrons. The predicted octanol–water partition coefficient (Wildman–Crippen LogP) is 5.40. The number of carbonyl (C=O) groups is 1. The first-order valence-electron chi connectivity index (χ1n) is 11.9. The quantitative estimate of drug-likeness (QED) is 0.475. The number of nitrogens with zero attached hydrogens (tertiary/aromatic N) is 2. The van der Waals surface area contributed by atoms with Crippen molar-refractivity contribution < 1.29 is 9.53 Å². The lowest BCUT2D eigenvalue weighted by Gasteiger charge is -2.45. The van der Waals surface area contributed by atoms with Crippen LogP contribution in [0.4, 0.5) is 0 Å².